The molecule has 2 aromatic rings. The van der Waals surface area contributed by atoms with E-state index in [0.717, 1.165) is 56.7 Å². The number of likely N-dealkylation sites (tertiary alicyclic amines) is 1. The third-order valence-corrected chi connectivity index (χ3v) is 6.95. The number of amides is 2. The highest BCUT2D eigenvalue weighted by atomic mass is 16.2. The highest BCUT2D eigenvalue weighted by Gasteiger charge is 2.33. The minimum Gasteiger partial charge on any atom is -0.353 e. The van der Waals surface area contributed by atoms with Gasteiger partial charge in [0.25, 0.3) is 0 Å². The maximum Gasteiger partial charge on any atom is 0.231 e. The number of carbonyl (C=O) groups is 2. The summed E-state index contributed by atoms with van der Waals surface area (Å²) in [5.41, 5.74) is 2.13. The number of aromatic nitrogens is 2. The second-order valence-corrected chi connectivity index (χ2v) is 9.53. The lowest BCUT2D eigenvalue weighted by Crippen LogP contribution is -2.52. The minimum absolute atomic E-state index is 0.0281. The second-order valence-electron chi connectivity index (χ2n) is 9.53. The molecule has 0 aliphatic carbocycles. The summed E-state index contributed by atoms with van der Waals surface area (Å²) in [6.07, 6.45) is 6.83. The molecule has 2 saturated heterocycles. The highest BCUT2D eigenvalue weighted by molar-refractivity contribution is 5.94. The summed E-state index contributed by atoms with van der Waals surface area (Å²) in [7, 11) is 0. The quantitative estimate of drug-likeness (QED) is 0.664. The van der Waals surface area contributed by atoms with E-state index >= 15 is 0 Å². The number of hydrogen-bond acceptors (Lipinski definition) is 5. The van der Waals surface area contributed by atoms with Crippen LogP contribution in [0.5, 0.6) is 0 Å². The lowest BCUT2D eigenvalue weighted by Gasteiger charge is -2.38. The number of carbonyl (C=O) groups excluding carboxylic acids is 2. The van der Waals surface area contributed by atoms with Crippen LogP contribution < -0.4 is 10.2 Å². The summed E-state index contributed by atoms with van der Waals surface area (Å²) >= 11 is 0. The third-order valence-electron chi connectivity index (χ3n) is 6.95. The van der Waals surface area contributed by atoms with Crippen LogP contribution in [0.2, 0.25) is 0 Å². The molecule has 0 radical (unpaired) electrons. The van der Waals surface area contributed by atoms with Gasteiger partial charge in [-0.25, -0.2) is 0 Å². The number of rotatable bonds is 8. The number of anilines is 2. The van der Waals surface area contributed by atoms with Crippen molar-refractivity contribution >= 4 is 23.3 Å². The molecular weight excluding hydrogens is 414 g/mol. The van der Waals surface area contributed by atoms with E-state index in [1.807, 2.05) is 24.3 Å². The van der Waals surface area contributed by atoms with Crippen molar-refractivity contribution in [1.29, 1.82) is 0 Å². The van der Waals surface area contributed by atoms with Crippen LogP contribution in [0.25, 0.3) is 0 Å². The van der Waals surface area contributed by atoms with E-state index in [0.29, 0.717) is 24.9 Å². The largest absolute Gasteiger partial charge is 0.353 e. The van der Waals surface area contributed by atoms with Gasteiger partial charge in [0.2, 0.25) is 11.8 Å². The van der Waals surface area contributed by atoms with Crippen LogP contribution in [-0.4, -0.2) is 53.1 Å². The molecule has 2 amide bonds. The SMILES string of the molecule is CCCC(C)C(=O)N1CCC(Cc2ccc(NC(=O)C3CN(c4cccnn4)C3)cc2)CC1. The van der Waals surface area contributed by atoms with Gasteiger partial charge in [-0.15, -0.1) is 5.10 Å². The average Bonchev–Trinajstić information content (AvgIpc) is 2.80. The topological polar surface area (TPSA) is 78.4 Å². The van der Waals surface area contributed by atoms with Crippen LogP contribution in [0.15, 0.2) is 42.6 Å². The summed E-state index contributed by atoms with van der Waals surface area (Å²) in [4.78, 5) is 29.2. The Morgan fingerprint density at radius 1 is 1.12 bits per heavy atom. The zero-order valence-corrected chi connectivity index (χ0v) is 19.7. The van der Waals surface area contributed by atoms with Crippen molar-refractivity contribution in [1.82, 2.24) is 15.1 Å². The van der Waals surface area contributed by atoms with E-state index in [4.69, 9.17) is 0 Å². The van der Waals surface area contributed by atoms with Gasteiger partial charge >= 0.3 is 0 Å². The zero-order chi connectivity index (χ0) is 23.2. The molecule has 0 spiro atoms. The van der Waals surface area contributed by atoms with Crippen LogP contribution in [-0.2, 0) is 16.0 Å². The van der Waals surface area contributed by atoms with E-state index in [9.17, 15) is 9.59 Å². The van der Waals surface area contributed by atoms with Crippen LogP contribution in [0.4, 0.5) is 11.5 Å². The van der Waals surface area contributed by atoms with Gasteiger partial charge in [0.1, 0.15) is 0 Å². The van der Waals surface area contributed by atoms with Gasteiger partial charge in [-0.1, -0.05) is 32.4 Å². The van der Waals surface area contributed by atoms with Crippen molar-refractivity contribution in [3.63, 3.8) is 0 Å². The summed E-state index contributed by atoms with van der Waals surface area (Å²) in [6, 6.07) is 12.0. The highest BCUT2D eigenvalue weighted by Crippen LogP contribution is 2.25. The first-order valence-corrected chi connectivity index (χ1v) is 12.2. The zero-order valence-electron chi connectivity index (χ0n) is 19.7. The van der Waals surface area contributed by atoms with Crippen molar-refractivity contribution in [2.24, 2.45) is 17.8 Å². The Morgan fingerprint density at radius 2 is 1.85 bits per heavy atom. The van der Waals surface area contributed by atoms with Gasteiger partial charge in [-0.05, 0) is 61.4 Å². The van der Waals surface area contributed by atoms with Crippen LogP contribution in [0.1, 0.15) is 45.1 Å². The lowest BCUT2D eigenvalue weighted by molar-refractivity contribution is -0.136. The Balaban J connectivity index is 1.19. The van der Waals surface area contributed by atoms with Gasteiger partial charge in [0, 0.05) is 44.0 Å². The predicted octanol–water partition coefficient (Wildman–Crippen LogP) is 3.77. The lowest BCUT2D eigenvalue weighted by atomic mass is 9.89. The normalized spacial score (nSPS) is 18.0. The van der Waals surface area contributed by atoms with Gasteiger partial charge in [0.15, 0.2) is 5.82 Å². The van der Waals surface area contributed by atoms with Gasteiger partial charge in [0.05, 0.1) is 5.92 Å². The number of benzene rings is 1. The molecule has 0 saturated carbocycles. The van der Waals surface area contributed by atoms with Crippen molar-refractivity contribution in [3.8, 4) is 0 Å². The number of piperidine rings is 1. The molecule has 1 atom stereocenters. The molecule has 2 aliphatic rings. The molecule has 7 nitrogen and oxygen atoms in total. The molecule has 1 aromatic heterocycles. The molecule has 33 heavy (non-hydrogen) atoms. The molecule has 2 aliphatic heterocycles. The van der Waals surface area contributed by atoms with Crippen LogP contribution in [0, 0.1) is 17.8 Å². The number of nitrogens with one attached hydrogen (secondary N) is 1. The fourth-order valence-electron chi connectivity index (χ4n) is 4.82. The molecule has 1 N–H and O–H groups in total. The number of nitrogens with zero attached hydrogens (tertiary/aromatic N) is 4. The Morgan fingerprint density at radius 3 is 2.48 bits per heavy atom. The van der Waals surface area contributed by atoms with Gasteiger partial charge in [-0.2, -0.15) is 5.10 Å². The molecule has 7 heteroatoms. The van der Waals surface area contributed by atoms with E-state index < -0.39 is 0 Å². The average molecular weight is 450 g/mol. The van der Waals surface area contributed by atoms with Crippen LogP contribution >= 0.6 is 0 Å². The summed E-state index contributed by atoms with van der Waals surface area (Å²) < 4.78 is 0. The number of hydrogen-bond donors (Lipinski definition) is 1. The monoisotopic (exact) mass is 449 g/mol. The Hall–Kier alpha value is -2.96. The maximum absolute atomic E-state index is 12.5. The van der Waals surface area contributed by atoms with Crippen molar-refractivity contribution < 1.29 is 9.59 Å². The first kappa shape index (κ1) is 23.2. The van der Waals surface area contributed by atoms with Gasteiger partial charge < -0.3 is 15.1 Å². The Bertz CT molecular complexity index is 919. The molecule has 1 unspecified atom stereocenters. The first-order valence-electron chi connectivity index (χ1n) is 12.2. The van der Waals surface area contributed by atoms with Crippen molar-refractivity contribution in [3.05, 3.63) is 48.2 Å². The minimum atomic E-state index is -0.0281. The van der Waals surface area contributed by atoms with E-state index in [1.54, 1.807) is 6.20 Å². The van der Waals surface area contributed by atoms with E-state index in [1.165, 1.54) is 5.56 Å². The molecule has 3 heterocycles. The molecule has 0 bridgehead atoms. The molecular formula is C26H35N5O2. The van der Waals surface area contributed by atoms with Crippen molar-refractivity contribution in [2.45, 2.75) is 46.0 Å². The first-order chi connectivity index (χ1) is 16.0. The summed E-state index contributed by atoms with van der Waals surface area (Å²) in [6.45, 7) is 7.27. The molecule has 176 valence electrons. The molecule has 1 aromatic carbocycles. The fourth-order valence-corrected chi connectivity index (χ4v) is 4.82. The fraction of sp³-hybridized carbons (Fsp3) is 0.538. The van der Waals surface area contributed by atoms with Gasteiger partial charge in [-0.3, -0.25) is 9.59 Å². The predicted molar refractivity (Wildman–Crippen MR) is 130 cm³/mol. The Kier molecular flexibility index (Phi) is 7.57. The molecule has 4 rings (SSSR count). The second kappa shape index (κ2) is 10.8. The van der Waals surface area contributed by atoms with E-state index in [2.05, 4.69) is 51.3 Å². The van der Waals surface area contributed by atoms with E-state index in [-0.39, 0.29) is 17.7 Å². The standard InChI is InChI=1S/C26H35N5O2/c1-3-5-19(2)26(33)30-14-11-21(12-15-30)16-20-7-9-23(10-8-20)28-25(32)22-17-31(18-22)24-6-4-13-27-29-24/h4,6-10,13,19,21-22H,3,5,11-12,14-18H2,1-2H3,(H,28,32). The van der Waals surface area contributed by atoms with Crippen LogP contribution in [0.3, 0.4) is 0 Å². The smallest absolute Gasteiger partial charge is 0.231 e. The summed E-state index contributed by atoms with van der Waals surface area (Å²) in [5.74, 6) is 1.91. The Labute approximate surface area is 196 Å². The van der Waals surface area contributed by atoms with Crippen molar-refractivity contribution in [2.75, 3.05) is 36.4 Å². The third kappa shape index (κ3) is 5.89. The summed E-state index contributed by atoms with van der Waals surface area (Å²) in [5, 5.41) is 11.0. The maximum atomic E-state index is 12.5. The molecule has 2 fully saturated rings.